The fraction of sp³-hybridized carbons (Fsp3) is 0.222. The zero-order valence-corrected chi connectivity index (χ0v) is 8.57. The van der Waals surface area contributed by atoms with Gasteiger partial charge in [0, 0.05) is 0 Å². The first kappa shape index (κ1) is 11.1. The lowest BCUT2D eigenvalue weighted by Gasteiger charge is -2.16. The van der Waals surface area contributed by atoms with Gasteiger partial charge < -0.3 is 9.84 Å². The van der Waals surface area contributed by atoms with Crippen LogP contribution in [-0.2, 0) is 4.74 Å². The molecule has 0 bridgehead atoms. The molecule has 0 heterocycles. The van der Waals surface area contributed by atoms with Crippen molar-refractivity contribution in [3.8, 4) is 0 Å². The summed E-state index contributed by atoms with van der Waals surface area (Å²) in [6, 6.07) is 8.71. The molecule has 5 heteroatoms. The minimum atomic E-state index is -1.40. The van der Waals surface area contributed by atoms with Crippen LogP contribution in [0.5, 0.6) is 0 Å². The molecule has 0 fully saturated rings. The van der Waals surface area contributed by atoms with Crippen LogP contribution in [0, 0.1) is 0 Å². The van der Waals surface area contributed by atoms with Gasteiger partial charge in [-0.05, 0) is 5.56 Å². The molecule has 0 aromatic heterocycles. The molecule has 0 aliphatic heterocycles. The monoisotopic (exact) mass is 234 g/mol. The van der Waals surface area contributed by atoms with Gasteiger partial charge >= 0.3 is 6.16 Å². The molecule has 1 atom stereocenters. The summed E-state index contributed by atoms with van der Waals surface area (Å²) < 4.78 is 4.55. The van der Waals surface area contributed by atoms with E-state index in [9.17, 15) is 4.79 Å². The molecule has 0 spiro atoms. The molecule has 0 aliphatic carbocycles. The Hall–Kier alpha value is -0.930. The van der Waals surface area contributed by atoms with Gasteiger partial charge in [0.15, 0.2) is 6.10 Å². The maximum atomic E-state index is 10.3. The third kappa shape index (κ3) is 3.09. The van der Waals surface area contributed by atoms with Crippen LogP contribution in [0.1, 0.15) is 11.7 Å². The average molecular weight is 235 g/mol. The Balaban J connectivity index is 2.83. The highest BCUT2D eigenvalue weighted by Crippen LogP contribution is 2.27. The Labute approximate surface area is 91.2 Å². The van der Waals surface area contributed by atoms with Crippen molar-refractivity contribution in [3.63, 3.8) is 0 Å². The summed E-state index contributed by atoms with van der Waals surface area (Å²) in [5.41, 5.74) is 0.630. The first-order valence-electron chi connectivity index (χ1n) is 3.84. The first-order valence-corrected chi connectivity index (χ1v) is 4.71. The summed E-state index contributed by atoms with van der Waals surface area (Å²) in [5.74, 6) is 0. The van der Waals surface area contributed by atoms with Gasteiger partial charge in [-0.15, -0.1) is 23.2 Å². The molecule has 0 radical (unpaired) electrons. The van der Waals surface area contributed by atoms with Crippen LogP contribution in [0.3, 0.4) is 0 Å². The zero-order chi connectivity index (χ0) is 10.6. The fourth-order valence-corrected chi connectivity index (χ4v) is 1.41. The zero-order valence-electron chi connectivity index (χ0n) is 7.06. The number of carbonyl (C=O) groups is 1. The lowest BCUT2D eigenvalue weighted by atomic mass is 10.1. The molecular weight excluding hydrogens is 227 g/mol. The normalized spacial score (nSPS) is 12.5. The van der Waals surface area contributed by atoms with Gasteiger partial charge in [0.2, 0.25) is 0 Å². The maximum Gasteiger partial charge on any atom is 0.506 e. The Morgan fingerprint density at radius 3 is 2.29 bits per heavy atom. The molecule has 76 valence electrons. The number of rotatable bonds is 3. The third-order valence-corrected chi connectivity index (χ3v) is 2.04. The molecule has 3 nitrogen and oxygen atoms in total. The number of hydrogen-bond acceptors (Lipinski definition) is 2. The number of halogens is 2. The van der Waals surface area contributed by atoms with Crippen molar-refractivity contribution in [3.05, 3.63) is 35.9 Å². The standard InChI is InChI=1S/C9H8Cl2O3/c10-8(11)7(14-9(12)13)6-4-2-1-3-5-6/h1-5,7-8H,(H,12,13). The van der Waals surface area contributed by atoms with Gasteiger partial charge in [0.1, 0.15) is 4.84 Å². The second kappa shape index (κ2) is 5.08. The molecule has 1 rings (SSSR count). The quantitative estimate of drug-likeness (QED) is 0.646. The Bertz CT molecular complexity index is 300. The van der Waals surface area contributed by atoms with Gasteiger partial charge in [0.05, 0.1) is 0 Å². The van der Waals surface area contributed by atoms with E-state index < -0.39 is 17.1 Å². The van der Waals surface area contributed by atoms with Gasteiger partial charge in [-0.2, -0.15) is 0 Å². The van der Waals surface area contributed by atoms with Gasteiger partial charge in [-0.25, -0.2) is 4.79 Å². The Kier molecular flexibility index (Phi) is 4.04. The fourth-order valence-electron chi connectivity index (χ4n) is 1.02. The summed E-state index contributed by atoms with van der Waals surface area (Å²) in [5, 5.41) is 8.45. The molecule has 1 unspecified atom stereocenters. The van der Waals surface area contributed by atoms with Crippen LogP contribution in [-0.4, -0.2) is 16.1 Å². The van der Waals surface area contributed by atoms with E-state index >= 15 is 0 Å². The summed E-state index contributed by atoms with van der Waals surface area (Å²) in [6.07, 6.45) is -2.25. The van der Waals surface area contributed by atoms with Crippen molar-refractivity contribution >= 4 is 29.4 Å². The molecule has 1 aromatic carbocycles. The van der Waals surface area contributed by atoms with E-state index in [1.165, 1.54) is 0 Å². The van der Waals surface area contributed by atoms with Crippen molar-refractivity contribution in [2.75, 3.05) is 0 Å². The topological polar surface area (TPSA) is 46.5 Å². The van der Waals surface area contributed by atoms with E-state index in [-0.39, 0.29) is 0 Å². The van der Waals surface area contributed by atoms with E-state index in [1.54, 1.807) is 30.3 Å². The minimum absolute atomic E-state index is 0.630. The van der Waals surface area contributed by atoms with Crippen molar-refractivity contribution in [1.82, 2.24) is 0 Å². The van der Waals surface area contributed by atoms with Crippen molar-refractivity contribution in [1.29, 1.82) is 0 Å². The van der Waals surface area contributed by atoms with Gasteiger partial charge in [-0.1, -0.05) is 30.3 Å². The number of carboxylic acid groups (broad SMARTS) is 1. The van der Waals surface area contributed by atoms with Crippen molar-refractivity contribution in [2.45, 2.75) is 10.9 Å². The van der Waals surface area contributed by atoms with Crippen LogP contribution < -0.4 is 0 Å². The van der Waals surface area contributed by atoms with E-state index in [1.807, 2.05) is 0 Å². The number of hydrogen-bond donors (Lipinski definition) is 1. The Morgan fingerprint density at radius 2 is 1.86 bits per heavy atom. The number of alkyl halides is 2. The largest absolute Gasteiger partial charge is 0.506 e. The summed E-state index contributed by atoms with van der Waals surface area (Å²) >= 11 is 11.2. The highest BCUT2D eigenvalue weighted by Gasteiger charge is 2.22. The molecule has 14 heavy (non-hydrogen) atoms. The van der Waals surface area contributed by atoms with Crippen molar-refractivity contribution < 1.29 is 14.6 Å². The van der Waals surface area contributed by atoms with Crippen molar-refractivity contribution in [2.24, 2.45) is 0 Å². The molecule has 0 amide bonds. The van der Waals surface area contributed by atoms with Crippen LogP contribution >= 0.6 is 23.2 Å². The molecular formula is C9H8Cl2O3. The molecule has 0 aliphatic rings. The highest BCUT2D eigenvalue weighted by atomic mass is 35.5. The SMILES string of the molecule is O=C(O)OC(c1ccccc1)C(Cl)Cl. The summed E-state index contributed by atoms with van der Waals surface area (Å²) in [6.45, 7) is 0. The summed E-state index contributed by atoms with van der Waals surface area (Å²) in [4.78, 5) is 9.43. The maximum absolute atomic E-state index is 10.3. The van der Waals surface area contributed by atoms with Crippen LogP contribution in [0.15, 0.2) is 30.3 Å². The van der Waals surface area contributed by atoms with E-state index in [4.69, 9.17) is 28.3 Å². The second-order valence-corrected chi connectivity index (χ2v) is 3.71. The molecule has 0 saturated carbocycles. The van der Waals surface area contributed by atoms with Gasteiger partial charge in [0.25, 0.3) is 0 Å². The van der Waals surface area contributed by atoms with E-state index in [2.05, 4.69) is 4.74 Å². The van der Waals surface area contributed by atoms with Crippen LogP contribution in [0.25, 0.3) is 0 Å². The smallest absolute Gasteiger partial charge is 0.450 e. The molecule has 1 N–H and O–H groups in total. The predicted molar refractivity (Wildman–Crippen MR) is 53.8 cm³/mol. The minimum Gasteiger partial charge on any atom is -0.450 e. The van der Waals surface area contributed by atoms with Gasteiger partial charge in [-0.3, -0.25) is 0 Å². The second-order valence-electron chi connectivity index (χ2n) is 2.55. The lowest BCUT2D eigenvalue weighted by molar-refractivity contribution is 0.0564. The molecule has 1 aromatic rings. The summed E-state index contributed by atoms with van der Waals surface area (Å²) in [7, 11) is 0. The predicted octanol–water partition coefficient (Wildman–Crippen LogP) is 3.23. The average Bonchev–Trinajstić information content (AvgIpc) is 2.15. The van der Waals surface area contributed by atoms with E-state index in [0.29, 0.717) is 5.56 Å². The van der Waals surface area contributed by atoms with Crippen LogP contribution in [0.2, 0.25) is 0 Å². The van der Waals surface area contributed by atoms with E-state index in [0.717, 1.165) is 0 Å². The number of ether oxygens (including phenoxy) is 1. The lowest BCUT2D eigenvalue weighted by Crippen LogP contribution is -2.15. The first-order chi connectivity index (χ1) is 6.61. The number of benzene rings is 1. The Morgan fingerprint density at radius 1 is 1.29 bits per heavy atom. The van der Waals surface area contributed by atoms with Crippen LogP contribution in [0.4, 0.5) is 4.79 Å². The highest BCUT2D eigenvalue weighted by molar-refractivity contribution is 6.44. The molecule has 0 saturated heterocycles. The third-order valence-electron chi connectivity index (χ3n) is 1.58.